The molecule has 0 aliphatic heterocycles. The first-order valence-corrected chi connectivity index (χ1v) is 7.83. The number of aromatic nitrogens is 4. The average Bonchev–Trinajstić information content (AvgIpc) is 3.29. The van der Waals surface area contributed by atoms with Crippen LogP contribution in [0.5, 0.6) is 5.75 Å². The van der Waals surface area contributed by atoms with Crippen molar-refractivity contribution in [2.24, 2.45) is 7.05 Å². The van der Waals surface area contributed by atoms with Gasteiger partial charge in [0.1, 0.15) is 5.75 Å². The molecule has 0 atom stereocenters. The fourth-order valence-corrected chi connectivity index (χ4v) is 2.80. The highest BCUT2D eigenvalue weighted by Crippen LogP contribution is 2.33. The quantitative estimate of drug-likeness (QED) is 0.568. The van der Waals surface area contributed by atoms with E-state index < -0.39 is 0 Å². The Balaban J connectivity index is 1.80. The molecule has 0 unspecified atom stereocenters. The van der Waals surface area contributed by atoms with Crippen molar-refractivity contribution < 1.29 is 9.26 Å². The molecule has 4 rings (SSSR count). The van der Waals surface area contributed by atoms with E-state index in [-0.39, 0.29) is 0 Å². The molecule has 6 nitrogen and oxygen atoms in total. The number of hydrogen-bond acceptors (Lipinski definition) is 5. The monoisotopic (exact) mass is 332 g/mol. The molecular formula is C19H16N4O2. The third kappa shape index (κ3) is 2.67. The highest BCUT2D eigenvalue weighted by atomic mass is 16.5. The zero-order valence-corrected chi connectivity index (χ0v) is 13.9. The van der Waals surface area contributed by atoms with Gasteiger partial charge < -0.3 is 9.26 Å². The van der Waals surface area contributed by atoms with Crippen LogP contribution in [0.3, 0.4) is 0 Å². The van der Waals surface area contributed by atoms with Gasteiger partial charge in [0, 0.05) is 12.6 Å². The minimum absolute atomic E-state index is 0.424. The van der Waals surface area contributed by atoms with Crippen LogP contribution in [0.25, 0.3) is 34.1 Å². The molecule has 0 radical (unpaired) electrons. The van der Waals surface area contributed by atoms with Crippen molar-refractivity contribution in [1.82, 2.24) is 19.9 Å². The molecular weight excluding hydrogens is 316 g/mol. The summed E-state index contributed by atoms with van der Waals surface area (Å²) < 4.78 is 12.7. The van der Waals surface area contributed by atoms with Gasteiger partial charge >= 0.3 is 0 Å². The second-order valence-electron chi connectivity index (χ2n) is 5.52. The lowest BCUT2D eigenvalue weighted by atomic mass is 10.1. The molecule has 0 saturated carbocycles. The summed E-state index contributed by atoms with van der Waals surface area (Å²) in [4.78, 5) is 4.55. The number of para-hydroxylation sites is 1. The first kappa shape index (κ1) is 15.1. The van der Waals surface area contributed by atoms with Crippen LogP contribution in [0.4, 0.5) is 0 Å². The predicted octanol–water partition coefficient (Wildman–Crippen LogP) is 3.81. The lowest BCUT2D eigenvalue weighted by Gasteiger charge is -2.04. The Morgan fingerprint density at radius 2 is 1.72 bits per heavy atom. The molecule has 0 bridgehead atoms. The van der Waals surface area contributed by atoms with Crippen molar-refractivity contribution in [2.45, 2.75) is 0 Å². The normalized spacial score (nSPS) is 10.8. The van der Waals surface area contributed by atoms with E-state index in [0.29, 0.717) is 17.5 Å². The third-order valence-electron chi connectivity index (χ3n) is 3.99. The van der Waals surface area contributed by atoms with E-state index in [1.54, 1.807) is 18.0 Å². The maximum absolute atomic E-state index is 5.51. The average molecular weight is 332 g/mol. The van der Waals surface area contributed by atoms with Gasteiger partial charge in [-0.05, 0) is 12.1 Å². The van der Waals surface area contributed by atoms with Crippen molar-refractivity contribution >= 4 is 0 Å². The fourth-order valence-electron chi connectivity index (χ4n) is 2.80. The highest BCUT2D eigenvalue weighted by Gasteiger charge is 2.20. The van der Waals surface area contributed by atoms with Crippen LogP contribution in [0.2, 0.25) is 0 Å². The van der Waals surface area contributed by atoms with Crippen molar-refractivity contribution in [3.63, 3.8) is 0 Å². The van der Waals surface area contributed by atoms with Gasteiger partial charge in [0.2, 0.25) is 5.82 Å². The molecule has 124 valence electrons. The van der Waals surface area contributed by atoms with E-state index in [2.05, 4.69) is 15.2 Å². The molecule has 0 fully saturated rings. The van der Waals surface area contributed by atoms with Crippen LogP contribution in [0.1, 0.15) is 0 Å². The molecule has 0 amide bonds. The SMILES string of the molecule is COc1ccccc1-c1noc(-c2cnn(C)c2-c2ccccc2)n1. The standard InChI is InChI=1S/C19H16N4O2/c1-23-17(13-8-4-3-5-9-13)15(12-20-23)19-21-18(22-25-19)14-10-6-7-11-16(14)24-2/h3-12H,1-2H3. The molecule has 6 heteroatoms. The predicted molar refractivity (Wildman–Crippen MR) is 93.9 cm³/mol. The summed E-state index contributed by atoms with van der Waals surface area (Å²) in [6.07, 6.45) is 1.74. The van der Waals surface area contributed by atoms with Crippen LogP contribution in [0.15, 0.2) is 65.3 Å². The van der Waals surface area contributed by atoms with Gasteiger partial charge in [-0.1, -0.05) is 47.6 Å². The molecule has 0 N–H and O–H groups in total. The number of methoxy groups -OCH3 is 1. The number of rotatable bonds is 4. The van der Waals surface area contributed by atoms with E-state index in [9.17, 15) is 0 Å². The van der Waals surface area contributed by atoms with Crippen molar-refractivity contribution in [1.29, 1.82) is 0 Å². The second kappa shape index (κ2) is 6.24. The minimum Gasteiger partial charge on any atom is -0.496 e. The Morgan fingerprint density at radius 3 is 2.52 bits per heavy atom. The van der Waals surface area contributed by atoms with Crippen LogP contribution < -0.4 is 4.74 Å². The van der Waals surface area contributed by atoms with Crippen molar-refractivity contribution in [3.05, 3.63) is 60.8 Å². The summed E-state index contributed by atoms with van der Waals surface area (Å²) >= 11 is 0. The van der Waals surface area contributed by atoms with E-state index in [1.807, 2.05) is 61.6 Å². The molecule has 0 aliphatic rings. The highest BCUT2D eigenvalue weighted by molar-refractivity contribution is 5.77. The summed E-state index contributed by atoms with van der Waals surface area (Å²) in [5, 5.41) is 8.46. The van der Waals surface area contributed by atoms with Gasteiger partial charge in [-0.25, -0.2) is 0 Å². The molecule has 4 aromatic rings. The Morgan fingerprint density at radius 1 is 0.960 bits per heavy atom. The van der Waals surface area contributed by atoms with Crippen LogP contribution >= 0.6 is 0 Å². The van der Waals surface area contributed by atoms with E-state index in [4.69, 9.17) is 9.26 Å². The Kier molecular flexibility index (Phi) is 3.78. The molecule has 0 spiro atoms. The van der Waals surface area contributed by atoms with Gasteiger partial charge in [0.15, 0.2) is 0 Å². The number of aryl methyl sites for hydroxylation is 1. The second-order valence-corrected chi connectivity index (χ2v) is 5.52. The zero-order valence-electron chi connectivity index (χ0n) is 13.9. The smallest absolute Gasteiger partial charge is 0.262 e. The van der Waals surface area contributed by atoms with E-state index >= 15 is 0 Å². The Labute approximate surface area is 144 Å². The van der Waals surface area contributed by atoms with E-state index in [0.717, 1.165) is 22.4 Å². The van der Waals surface area contributed by atoms with E-state index in [1.165, 1.54) is 0 Å². The molecule has 2 aromatic heterocycles. The summed E-state index contributed by atoms with van der Waals surface area (Å²) in [7, 11) is 3.51. The molecule has 0 aliphatic carbocycles. The maximum Gasteiger partial charge on any atom is 0.262 e. The molecule has 2 heterocycles. The lowest BCUT2D eigenvalue weighted by Crippen LogP contribution is -1.94. The van der Waals surface area contributed by atoms with Gasteiger partial charge in [-0.15, -0.1) is 0 Å². The Bertz CT molecular complexity index is 1010. The number of ether oxygens (including phenoxy) is 1. The Hall–Kier alpha value is -3.41. The molecule has 0 saturated heterocycles. The van der Waals surface area contributed by atoms with Gasteiger partial charge in [-0.3, -0.25) is 4.68 Å². The van der Waals surface area contributed by atoms with Gasteiger partial charge in [0.05, 0.1) is 30.1 Å². The minimum atomic E-state index is 0.424. The van der Waals surface area contributed by atoms with Gasteiger partial charge in [0.25, 0.3) is 5.89 Å². The largest absolute Gasteiger partial charge is 0.496 e. The number of hydrogen-bond donors (Lipinski definition) is 0. The number of benzene rings is 2. The molecule has 25 heavy (non-hydrogen) atoms. The summed E-state index contributed by atoms with van der Waals surface area (Å²) in [5.41, 5.74) is 3.54. The zero-order chi connectivity index (χ0) is 17.2. The van der Waals surface area contributed by atoms with Crippen LogP contribution in [-0.4, -0.2) is 27.0 Å². The maximum atomic E-state index is 5.51. The fraction of sp³-hybridized carbons (Fsp3) is 0.105. The first-order valence-electron chi connectivity index (χ1n) is 7.83. The third-order valence-corrected chi connectivity index (χ3v) is 3.99. The number of nitrogens with zero attached hydrogens (tertiary/aromatic N) is 4. The van der Waals surface area contributed by atoms with Crippen molar-refractivity contribution in [2.75, 3.05) is 7.11 Å². The lowest BCUT2D eigenvalue weighted by molar-refractivity contribution is 0.413. The van der Waals surface area contributed by atoms with Crippen LogP contribution in [-0.2, 0) is 7.05 Å². The summed E-state index contributed by atoms with van der Waals surface area (Å²) in [5.74, 6) is 1.60. The summed E-state index contributed by atoms with van der Waals surface area (Å²) in [6, 6.07) is 17.6. The topological polar surface area (TPSA) is 66.0 Å². The molecule has 2 aromatic carbocycles. The van der Waals surface area contributed by atoms with Crippen molar-refractivity contribution in [3.8, 4) is 39.8 Å². The van der Waals surface area contributed by atoms with Gasteiger partial charge in [-0.2, -0.15) is 10.1 Å². The van der Waals surface area contributed by atoms with Crippen LogP contribution in [0, 0.1) is 0 Å². The summed E-state index contributed by atoms with van der Waals surface area (Å²) in [6.45, 7) is 0. The first-order chi connectivity index (χ1) is 12.3.